The summed E-state index contributed by atoms with van der Waals surface area (Å²) in [4.78, 5) is 14.6. The minimum Gasteiger partial charge on any atom is -0.486 e. The van der Waals surface area contributed by atoms with Gasteiger partial charge in [0.05, 0.1) is 5.39 Å². The van der Waals surface area contributed by atoms with Gasteiger partial charge in [-0.25, -0.2) is 4.79 Å². The maximum absolute atomic E-state index is 12.4. The Morgan fingerprint density at radius 2 is 1.67 bits per heavy atom. The van der Waals surface area contributed by atoms with E-state index in [2.05, 4.69) is 11.0 Å². The van der Waals surface area contributed by atoms with Crippen LogP contribution in [-0.4, -0.2) is 19.9 Å². The SMILES string of the molecule is Cc1c2c(cc3c1oc(=O)c1ccccc13)CN(c1ccc3c(c1)OCCO3)CO2. The van der Waals surface area contributed by atoms with Crippen molar-refractivity contribution in [2.75, 3.05) is 24.8 Å². The first kappa shape index (κ1) is 17.2. The van der Waals surface area contributed by atoms with Crippen LogP contribution < -0.4 is 24.7 Å². The maximum Gasteiger partial charge on any atom is 0.344 e. The van der Waals surface area contributed by atoms with Crippen LogP contribution in [0.3, 0.4) is 0 Å². The number of ether oxygens (including phenoxy) is 3. The lowest BCUT2D eigenvalue weighted by Gasteiger charge is -2.32. The second kappa shape index (κ2) is 6.42. The van der Waals surface area contributed by atoms with Crippen LogP contribution >= 0.6 is 0 Å². The Balaban J connectivity index is 1.47. The number of hydrogen-bond acceptors (Lipinski definition) is 6. The monoisotopic (exact) mass is 401 g/mol. The molecule has 0 aliphatic carbocycles. The summed E-state index contributed by atoms with van der Waals surface area (Å²) in [6, 6.07) is 15.6. The Morgan fingerprint density at radius 3 is 2.53 bits per heavy atom. The molecule has 4 aromatic rings. The zero-order chi connectivity index (χ0) is 20.2. The average Bonchev–Trinajstić information content (AvgIpc) is 2.79. The van der Waals surface area contributed by atoms with Crippen LogP contribution in [0, 0.1) is 6.92 Å². The number of benzene rings is 3. The predicted molar refractivity (Wildman–Crippen MR) is 114 cm³/mol. The van der Waals surface area contributed by atoms with Crippen LogP contribution in [0.5, 0.6) is 17.2 Å². The van der Waals surface area contributed by atoms with Crippen LogP contribution in [0.4, 0.5) is 5.69 Å². The number of anilines is 1. The van der Waals surface area contributed by atoms with E-state index in [0.717, 1.165) is 44.8 Å². The smallest absolute Gasteiger partial charge is 0.344 e. The molecule has 6 nitrogen and oxygen atoms in total. The van der Waals surface area contributed by atoms with Crippen molar-refractivity contribution in [3.05, 3.63) is 70.1 Å². The molecule has 0 fully saturated rings. The molecule has 30 heavy (non-hydrogen) atoms. The van der Waals surface area contributed by atoms with Gasteiger partial charge in [0.25, 0.3) is 0 Å². The summed E-state index contributed by atoms with van der Waals surface area (Å²) in [5, 5.41) is 2.41. The van der Waals surface area contributed by atoms with Gasteiger partial charge in [-0.1, -0.05) is 18.2 Å². The summed E-state index contributed by atoms with van der Waals surface area (Å²) in [5.74, 6) is 2.31. The summed E-state index contributed by atoms with van der Waals surface area (Å²) >= 11 is 0. The minimum atomic E-state index is -0.324. The second-order valence-corrected chi connectivity index (χ2v) is 7.60. The molecule has 0 atom stereocenters. The van der Waals surface area contributed by atoms with Crippen LogP contribution in [0.1, 0.15) is 11.1 Å². The van der Waals surface area contributed by atoms with Crippen molar-refractivity contribution in [3.63, 3.8) is 0 Å². The number of aryl methyl sites for hydroxylation is 1. The van der Waals surface area contributed by atoms with Crippen LogP contribution in [-0.2, 0) is 6.54 Å². The van der Waals surface area contributed by atoms with Crippen molar-refractivity contribution in [1.82, 2.24) is 0 Å². The summed E-state index contributed by atoms with van der Waals surface area (Å²) in [6.45, 7) is 4.15. The lowest BCUT2D eigenvalue weighted by Crippen LogP contribution is -2.32. The van der Waals surface area contributed by atoms with Gasteiger partial charge in [-0.05, 0) is 36.6 Å². The maximum atomic E-state index is 12.4. The van der Waals surface area contributed by atoms with E-state index in [0.29, 0.717) is 37.5 Å². The zero-order valence-electron chi connectivity index (χ0n) is 16.4. The highest BCUT2D eigenvalue weighted by molar-refractivity contribution is 6.06. The molecular formula is C24H19NO5. The van der Waals surface area contributed by atoms with Crippen molar-refractivity contribution in [1.29, 1.82) is 0 Å². The van der Waals surface area contributed by atoms with E-state index in [9.17, 15) is 4.79 Å². The first-order valence-corrected chi connectivity index (χ1v) is 9.94. The Labute approximate surface area is 172 Å². The minimum absolute atomic E-state index is 0.324. The van der Waals surface area contributed by atoms with Gasteiger partial charge >= 0.3 is 5.63 Å². The Hall–Kier alpha value is -3.67. The quantitative estimate of drug-likeness (QED) is 0.348. The Morgan fingerprint density at radius 1 is 0.867 bits per heavy atom. The van der Waals surface area contributed by atoms with Crippen molar-refractivity contribution in [2.45, 2.75) is 13.5 Å². The summed E-state index contributed by atoms with van der Waals surface area (Å²) < 4.78 is 23.1. The van der Waals surface area contributed by atoms with Gasteiger partial charge in [-0.3, -0.25) is 0 Å². The molecule has 0 saturated heterocycles. The van der Waals surface area contributed by atoms with E-state index in [1.807, 2.05) is 43.3 Å². The number of nitrogens with zero attached hydrogens (tertiary/aromatic N) is 1. The van der Waals surface area contributed by atoms with Crippen molar-refractivity contribution < 1.29 is 18.6 Å². The average molecular weight is 401 g/mol. The number of fused-ring (bicyclic) bond motifs is 5. The molecule has 1 aromatic heterocycles. The molecule has 0 unspecified atom stereocenters. The normalized spacial score (nSPS) is 15.2. The van der Waals surface area contributed by atoms with Crippen molar-refractivity contribution >= 4 is 27.4 Å². The fraction of sp³-hybridized carbons (Fsp3) is 0.208. The van der Waals surface area contributed by atoms with Crippen molar-refractivity contribution in [2.24, 2.45) is 0 Å². The molecule has 0 spiro atoms. The van der Waals surface area contributed by atoms with E-state index < -0.39 is 0 Å². The van der Waals surface area contributed by atoms with E-state index in [4.69, 9.17) is 18.6 Å². The van der Waals surface area contributed by atoms with Crippen LogP contribution in [0.2, 0.25) is 0 Å². The third-order valence-corrected chi connectivity index (χ3v) is 5.78. The fourth-order valence-corrected chi connectivity index (χ4v) is 4.33. The first-order chi connectivity index (χ1) is 14.7. The molecule has 6 heteroatoms. The van der Waals surface area contributed by atoms with Gasteiger partial charge in [0.2, 0.25) is 0 Å². The van der Waals surface area contributed by atoms with Gasteiger partial charge < -0.3 is 23.5 Å². The van der Waals surface area contributed by atoms with Gasteiger partial charge in [0, 0.05) is 34.8 Å². The molecule has 2 aliphatic rings. The summed E-state index contributed by atoms with van der Waals surface area (Å²) in [6.07, 6.45) is 0. The van der Waals surface area contributed by atoms with Gasteiger partial charge in [-0.2, -0.15) is 0 Å². The molecule has 0 N–H and O–H groups in total. The highest BCUT2D eigenvalue weighted by Crippen LogP contribution is 2.40. The predicted octanol–water partition coefficient (Wildman–Crippen LogP) is 4.38. The van der Waals surface area contributed by atoms with E-state index >= 15 is 0 Å². The molecule has 0 amide bonds. The Kier molecular flexibility index (Phi) is 3.68. The van der Waals surface area contributed by atoms with Crippen LogP contribution in [0.15, 0.2) is 57.7 Å². The van der Waals surface area contributed by atoms with Gasteiger partial charge in [-0.15, -0.1) is 0 Å². The second-order valence-electron chi connectivity index (χ2n) is 7.60. The molecule has 0 bridgehead atoms. The lowest BCUT2D eigenvalue weighted by atomic mass is 10.00. The largest absolute Gasteiger partial charge is 0.486 e. The standard InChI is InChI=1S/C24H19NO5/c1-14-22-15(10-19-17-4-2-3-5-18(17)24(26)30-23(14)19)12-25(13-29-22)16-6-7-20-21(11-16)28-9-8-27-20/h2-7,10-11H,8-9,12-13H2,1H3. The molecule has 3 heterocycles. The fourth-order valence-electron chi connectivity index (χ4n) is 4.33. The Bertz CT molecular complexity index is 1370. The van der Waals surface area contributed by atoms with Crippen molar-refractivity contribution in [3.8, 4) is 17.2 Å². The van der Waals surface area contributed by atoms with Gasteiger partial charge in [0.1, 0.15) is 24.5 Å². The van der Waals surface area contributed by atoms with E-state index in [1.165, 1.54) is 0 Å². The third kappa shape index (κ3) is 2.53. The first-order valence-electron chi connectivity index (χ1n) is 9.94. The summed E-state index contributed by atoms with van der Waals surface area (Å²) in [5.41, 5.74) is 3.18. The molecule has 0 radical (unpaired) electrons. The molecular weight excluding hydrogens is 382 g/mol. The van der Waals surface area contributed by atoms with Gasteiger partial charge in [0.15, 0.2) is 18.2 Å². The molecule has 0 saturated carbocycles. The zero-order valence-corrected chi connectivity index (χ0v) is 16.4. The molecule has 3 aromatic carbocycles. The van der Waals surface area contributed by atoms with E-state index in [-0.39, 0.29) is 5.63 Å². The van der Waals surface area contributed by atoms with E-state index in [1.54, 1.807) is 6.07 Å². The lowest BCUT2D eigenvalue weighted by molar-refractivity contribution is 0.171. The number of rotatable bonds is 1. The van der Waals surface area contributed by atoms with Crippen LogP contribution in [0.25, 0.3) is 21.7 Å². The highest BCUT2D eigenvalue weighted by Gasteiger charge is 2.24. The summed E-state index contributed by atoms with van der Waals surface area (Å²) in [7, 11) is 0. The highest BCUT2D eigenvalue weighted by atomic mass is 16.6. The number of hydrogen-bond donors (Lipinski definition) is 0. The molecule has 6 rings (SSSR count). The topological polar surface area (TPSA) is 61.1 Å². The molecule has 2 aliphatic heterocycles. The molecule has 150 valence electrons. The third-order valence-electron chi connectivity index (χ3n) is 5.78.